The summed E-state index contributed by atoms with van der Waals surface area (Å²) in [5.74, 6) is 0.878. The van der Waals surface area contributed by atoms with Crippen LogP contribution in [0.3, 0.4) is 0 Å². The lowest BCUT2D eigenvalue weighted by atomic mass is 9.85. The van der Waals surface area contributed by atoms with Crippen molar-refractivity contribution in [3.63, 3.8) is 0 Å². The molecule has 0 radical (unpaired) electrons. The number of rotatable bonds is 4. The number of anilines is 1. The number of hydrogen-bond donors (Lipinski definition) is 3. The number of nitrogens with one attached hydrogen (secondary N) is 3. The topological polar surface area (TPSA) is 56.4 Å². The van der Waals surface area contributed by atoms with Crippen molar-refractivity contribution in [3.05, 3.63) is 29.1 Å². The fourth-order valence-electron chi connectivity index (χ4n) is 5.57. The van der Waals surface area contributed by atoms with Gasteiger partial charge < -0.3 is 10.6 Å². The first kappa shape index (κ1) is 18.4. The quantitative estimate of drug-likeness (QED) is 0.745. The van der Waals surface area contributed by atoms with E-state index >= 15 is 0 Å². The number of carbonyl (C=O) groups is 1. The lowest BCUT2D eigenvalue weighted by molar-refractivity contribution is -0.122. The summed E-state index contributed by atoms with van der Waals surface area (Å²) in [6, 6.07) is 3.93. The number of benzene rings is 1. The van der Waals surface area contributed by atoms with Crippen LogP contribution in [0, 0.1) is 24.6 Å². The molecule has 0 bridgehead atoms. The highest BCUT2D eigenvalue weighted by molar-refractivity contribution is 5.88. The van der Waals surface area contributed by atoms with Gasteiger partial charge in [-0.2, -0.15) is 0 Å². The van der Waals surface area contributed by atoms with E-state index in [4.69, 9.17) is 0 Å². The molecule has 5 nitrogen and oxygen atoms in total. The third-order valence-electron chi connectivity index (χ3n) is 7.37. The maximum absolute atomic E-state index is 14.2. The molecule has 5 rings (SSSR count). The third-order valence-corrected chi connectivity index (χ3v) is 7.37. The summed E-state index contributed by atoms with van der Waals surface area (Å²) < 4.78 is 14.2. The van der Waals surface area contributed by atoms with Crippen molar-refractivity contribution in [3.8, 4) is 0 Å². The molecule has 28 heavy (non-hydrogen) atoms. The number of aryl methyl sites for hydroxylation is 1. The Hall–Kier alpha value is -1.66. The Bertz CT molecular complexity index is 749. The molecule has 3 fully saturated rings. The number of piperidine rings is 1. The first-order valence-corrected chi connectivity index (χ1v) is 10.9. The minimum atomic E-state index is -0.383. The van der Waals surface area contributed by atoms with Crippen LogP contribution in [0.2, 0.25) is 0 Å². The predicted molar refractivity (Wildman–Crippen MR) is 107 cm³/mol. The van der Waals surface area contributed by atoms with Gasteiger partial charge in [-0.15, -0.1) is 0 Å². The number of hydrazine groups is 1. The minimum absolute atomic E-state index is 0.00534. The van der Waals surface area contributed by atoms with E-state index in [2.05, 4.69) is 28.0 Å². The van der Waals surface area contributed by atoms with Gasteiger partial charge in [-0.1, -0.05) is 19.4 Å². The fraction of sp³-hybridized carbons (Fsp3) is 0.682. The van der Waals surface area contributed by atoms with Crippen LogP contribution in [0.25, 0.3) is 0 Å². The molecule has 152 valence electrons. The molecule has 3 heterocycles. The van der Waals surface area contributed by atoms with E-state index in [1.165, 1.54) is 38.2 Å². The van der Waals surface area contributed by atoms with Crippen molar-refractivity contribution in [2.75, 3.05) is 11.9 Å². The maximum Gasteiger partial charge on any atom is 0.243 e. The van der Waals surface area contributed by atoms with E-state index in [1.54, 1.807) is 6.07 Å². The number of hydrogen-bond acceptors (Lipinski definition) is 4. The van der Waals surface area contributed by atoms with Crippen molar-refractivity contribution in [2.24, 2.45) is 11.8 Å². The minimum Gasteiger partial charge on any atom is -0.373 e. The Labute approximate surface area is 166 Å². The molecular weight excluding hydrogens is 355 g/mol. The lowest BCUT2D eigenvalue weighted by Gasteiger charge is -2.30. The van der Waals surface area contributed by atoms with Crippen molar-refractivity contribution in [1.29, 1.82) is 0 Å². The summed E-state index contributed by atoms with van der Waals surface area (Å²) in [6.07, 6.45) is 6.59. The molecule has 1 aromatic rings. The van der Waals surface area contributed by atoms with Gasteiger partial charge in [0.2, 0.25) is 5.91 Å². The molecule has 5 atom stereocenters. The fourth-order valence-corrected chi connectivity index (χ4v) is 5.57. The van der Waals surface area contributed by atoms with E-state index < -0.39 is 0 Å². The summed E-state index contributed by atoms with van der Waals surface area (Å²) in [5.41, 5.74) is 6.17. The second-order valence-electron chi connectivity index (χ2n) is 9.26. The van der Waals surface area contributed by atoms with Crippen LogP contribution in [-0.4, -0.2) is 41.6 Å². The molecule has 3 aliphatic heterocycles. The van der Waals surface area contributed by atoms with Crippen LogP contribution in [0.5, 0.6) is 0 Å². The standard InChI is InChI=1S/C22H31FN4O/c1-12-6-9-16(23)15-11-17(24-19(12)15)22(28)25-21(14-7-8-14)20-13(2)18-5-3-4-10-27(18)26-20/h6,9,13-14,17-18,20-21,24,26H,3-5,7-8,10-11H2,1-2H3,(H,25,28). The maximum atomic E-state index is 14.2. The van der Waals surface area contributed by atoms with Gasteiger partial charge in [0.15, 0.2) is 0 Å². The number of carbonyl (C=O) groups excluding carboxylic acids is 1. The Morgan fingerprint density at radius 3 is 2.82 bits per heavy atom. The predicted octanol–water partition coefficient (Wildman–Crippen LogP) is 2.74. The number of nitrogens with zero attached hydrogens (tertiary/aromatic N) is 1. The summed E-state index contributed by atoms with van der Waals surface area (Å²) in [5, 5.41) is 9.06. The second kappa shape index (κ2) is 6.99. The lowest BCUT2D eigenvalue weighted by Crippen LogP contribution is -2.55. The van der Waals surface area contributed by atoms with Gasteiger partial charge in [0.05, 0.1) is 0 Å². The molecule has 1 aliphatic carbocycles. The molecule has 3 N–H and O–H groups in total. The van der Waals surface area contributed by atoms with Crippen molar-refractivity contribution in [2.45, 2.75) is 76.5 Å². The molecule has 0 aromatic heterocycles. The molecule has 2 saturated heterocycles. The Kier molecular flexibility index (Phi) is 4.59. The Balaban J connectivity index is 1.30. The molecule has 0 spiro atoms. The Morgan fingerprint density at radius 2 is 2.11 bits per heavy atom. The van der Waals surface area contributed by atoms with Crippen molar-refractivity contribution < 1.29 is 9.18 Å². The first-order valence-electron chi connectivity index (χ1n) is 10.9. The van der Waals surface area contributed by atoms with Gasteiger partial charge >= 0.3 is 0 Å². The van der Waals surface area contributed by atoms with Crippen LogP contribution in [0.15, 0.2) is 12.1 Å². The van der Waals surface area contributed by atoms with Gasteiger partial charge in [-0.05, 0) is 56.1 Å². The number of halogens is 1. The van der Waals surface area contributed by atoms with Crippen LogP contribution >= 0.6 is 0 Å². The van der Waals surface area contributed by atoms with Gasteiger partial charge in [0.25, 0.3) is 0 Å². The van der Waals surface area contributed by atoms with Crippen molar-refractivity contribution >= 4 is 11.6 Å². The monoisotopic (exact) mass is 386 g/mol. The summed E-state index contributed by atoms with van der Waals surface area (Å²) in [4.78, 5) is 13.1. The summed E-state index contributed by atoms with van der Waals surface area (Å²) in [7, 11) is 0. The number of amides is 1. The largest absolute Gasteiger partial charge is 0.373 e. The molecular formula is C22H31FN4O. The normalized spacial score (nSPS) is 33.1. The first-order chi connectivity index (χ1) is 13.5. The average molecular weight is 387 g/mol. The molecule has 1 saturated carbocycles. The zero-order valence-corrected chi connectivity index (χ0v) is 16.8. The second-order valence-corrected chi connectivity index (χ2v) is 9.26. The van der Waals surface area contributed by atoms with Gasteiger partial charge in [0, 0.05) is 42.3 Å². The van der Waals surface area contributed by atoms with Crippen LogP contribution in [0.1, 0.15) is 50.2 Å². The molecule has 6 heteroatoms. The zero-order chi connectivity index (χ0) is 19.4. The Morgan fingerprint density at radius 1 is 1.29 bits per heavy atom. The number of fused-ring (bicyclic) bond motifs is 2. The highest BCUT2D eigenvalue weighted by atomic mass is 19.1. The zero-order valence-electron chi connectivity index (χ0n) is 16.8. The average Bonchev–Trinajstić information content (AvgIpc) is 3.34. The van der Waals surface area contributed by atoms with Crippen LogP contribution in [-0.2, 0) is 11.2 Å². The smallest absolute Gasteiger partial charge is 0.243 e. The van der Waals surface area contributed by atoms with Crippen molar-refractivity contribution in [1.82, 2.24) is 15.8 Å². The van der Waals surface area contributed by atoms with E-state index in [0.29, 0.717) is 35.9 Å². The van der Waals surface area contributed by atoms with Gasteiger partial charge in [-0.3, -0.25) is 4.79 Å². The van der Waals surface area contributed by atoms with Gasteiger partial charge in [-0.25, -0.2) is 14.8 Å². The SMILES string of the molecule is Cc1ccc(F)c2c1NC(C(=O)NC(C1CC1)C1NN3CCCCC3C1C)C2. The van der Waals surface area contributed by atoms with Crippen LogP contribution in [0.4, 0.5) is 10.1 Å². The summed E-state index contributed by atoms with van der Waals surface area (Å²) in [6.45, 7) is 5.39. The molecule has 1 aromatic carbocycles. The third kappa shape index (κ3) is 3.11. The van der Waals surface area contributed by atoms with E-state index in [0.717, 1.165) is 17.8 Å². The van der Waals surface area contributed by atoms with E-state index in [1.807, 2.05) is 6.92 Å². The highest BCUT2D eigenvalue weighted by Gasteiger charge is 2.48. The highest BCUT2D eigenvalue weighted by Crippen LogP contribution is 2.40. The summed E-state index contributed by atoms with van der Waals surface area (Å²) >= 11 is 0. The van der Waals surface area contributed by atoms with Gasteiger partial charge in [0.1, 0.15) is 11.9 Å². The molecule has 4 aliphatic rings. The van der Waals surface area contributed by atoms with E-state index in [-0.39, 0.29) is 23.8 Å². The van der Waals surface area contributed by atoms with E-state index in [9.17, 15) is 9.18 Å². The molecule has 1 amide bonds. The van der Waals surface area contributed by atoms with Crippen LogP contribution < -0.4 is 16.1 Å². The molecule has 5 unspecified atom stereocenters.